The molecule has 1 aliphatic rings. The smallest absolute Gasteiger partial charge is 0.124 e. The van der Waals surface area contributed by atoms with Crippen molar-refractivity contribution in [2.24, 2.45) is 5.10 Å². The molecule has 0 amide bonds. The third kappa shape index (κ3) is 1.75. The monoisotopic (exact) mass is 273 g/mol. The van der Waals surface area contributed by atoms with Gasteiger partial charge in [0.2, 0.25) is 0 Å². The van der Waals surface area contributed by atoms with Gasteiger partial charge in [-0.1, -0.05) is 22.0 Å². The van der Waals surface area contributed by atoms with Gasteiger partial charge in [-0.15, -0.1) is 0 Å². The Bertz CT molecular complexity index is 412. The van der Waals surface area contributed by atoms with E-state index in [4.69, 9.17) is 0 Å². The van der Waals surface area contributed by atoms with Crippen LogP contribution in [0, 0.1) is 5.82 Å². The van der Waals surface area contributed by atoms with Gasteiger partial charge in [0.15, 0.2) is 0 Å². The first-order chi connectivity index (χ1) is 7.18. The van der Waals surface area contributed by atoms with Gasteiger partial charge in [0.1, 0.15) is 11.4 Å². The summed E-state index contributed by atoms with van der Waals surface area (Å²) < 4.78 is 13.5. The molecule has 0 bridgehead atoms. The van der Waals surface area contributed by atoms with Crippen LogP contribution in [0.5, 0.6) is 0 Å². The summed E-state index contributed by atoms with van der Waals surface area (Å²) in [5.41, 5.74) is 5.29. The summed E-state index contributed by atoms with van der Waals surface area (Å²) in [5.74, 6) is -0.332. The number of hydrazine groups is 1. The molecule has 1 aliphatic heterocycles. The first-order valence-electron chi connectivity index (χ1n) is 4.31. The van der Waals surface area contributed by atoms with Crippen molar-refractivity contribution >= 4 is 22.1 Å². The Morgan fingerprint density at radius 1 is 1.53 bits per heavy atom. The van der Waals surface area contributed by atoms with Gasteiger partial charge in [0.25, 0.3) is 0 Å². The number of hydrogen-bond donors (Lipinski definition) is 3. The summed E-state index contributed by atoms with van der Waals surface area (Å²) in [6.45, 7) is -0.173. The summed E-state index contributed by atoms with van der Waals surface area (Å²) >= 11 is 3.25. The van der Waals surface area contributed by atoms with Gasteiger partial charge in [-0.3, -0.25) is 0 Å². The highest BCUT2D eigenvalue weighted by Gasteiger charge is 2.34. The maximum absolute atomic E-state index is 12.9. The Balaban J connectivity index is 2.47. The zero-order valence-electron chi connectivity index (χ0n) is 7.67. The Morgan fingerprint density at radius 3 is 2.87 bits per heavy atom. The minimum absolute atomic E-state index is 0.173. The van der Waals surface area contributed by atoms with Gasteiger partial charge in [-0.05, 0) is 17.7 Å². The molecule has 1 heterocycles. The molecule has 0 fully saturated rings. The average Bonchev–Trinajstić information content (AvgIpc) is 2.67. The molecule has 0 saturated carbocycles. The van der Waals surface area contributed by atoms with Crippen molar-refractivity contribution in [1.82, 2.24) is 11.0 Å². The van der Waals surface area contributed by atoms with Gasteiger partial charge >= 0.3 is 0 Å². The van der Waals surface area contributed by atoms with Crippen molar-refractivity contribution < 1.29 is 9.50 Å². The Morgan fingerprint density at radius 2 is 2.33 bits per heavy atom. The number of nitrogens with one attached hydrogen (secondary N) is 2. The van der Waals surface area contributed by atoms with Crippen LogP contribution in [0.25, 0.3) is 0 Å². The van der Waals surface area contributed by atoms with Crippen LogP contribution in [0.3, 0.4) is 0 Å². The first kappa shape index (κ1) is 10.5. The normalized spacial score (nSPS) is 24.2. The molecule has 1 atom stereocenters. The van der Waals surface area contributed by atoms with E-state index in [0.29, 0.717) is 4.47 Å². The van der Waals surface area contributed by atoms with Crippen LogP contribution < -0.4 is 11.0 Å². The number of aliphatic hydroxyl groups excluding tert-OH is 1. The van der Waals surface area contributed by atoms with Crippen molar-refractivity contribution in [2.75, 3.05) is 6.61 Å². The Kier molecular flexibility index (Phi) is 2.72. The van der Waals surface area contributed by atoms with Crippen LogP contribution in [-0.2, 0) is 5.54 Å². The van der Waals surface area contributed by atoms with E-state index in [0.717, 1.165) is 5.56 Å². The maximum atomic E-state index is 12.9. The summed E-state index contributed by atoms with van der Waals surface area (Å²) in [4.78, 5) is 0. The lowest BCUT2D eigenvalue weighted by Gasteiger charge is -2.24. The molecule has 0 aliphatic carbocycles. The Labute approximate surface area is 94.3 Å². The number of aliphatic hydroxyl groups is 1. The largest absolute Gasteiger partial charge is 0.394 e. The zero-order chi connectivity index (χ0) is 10.9. The molecule has 0 saturated heterocycles. The van der Waals surface area contributed by atoms with Crippen molar-refractivity contribution in [2.45, 2.75) is 5.54 Å². The highest BCUT2D eigenvalue weighted by molar-refractivity contribution is 9.10. The fourth-order valence-electron chi connectivity index (χ4n) is 1.46. The molecule has 1 aromatic carbocycles. The van der Waals surface area contributed by atoms with E-state index < -0.39 is 5.54 Å². The molecule has 4 nitrogen and oxygen atoms in total. The lowest BCUT2D eigenvalue weighted by molar-refractivity contribution is 0.209. The van der Waals surface area contributed by atoms with Gasteiger partial charge < -0.3 is 5.11 Å². The van der Waals surface area contributed by atoms with Crippen LogP contribution in [0.1, 0.15) is 5.56 Å². The number of rotatable bonds is 2. The van der Waals surface area contributed by atoms with Crippen molar-refractivity contribution in [1.29, 1.82) is 0 Å². The van der Waals surface area contributed by atoms with E-state index in [1.165, 1.54) is 12.1 Å². The molecule has 6 heteroatoms. The second-order valence-corrected chi connectivity index (χ2v) is 4.10. The van der Waals surface area contributed by atoms with Gasteiger partial charge in [0, 0.05) is 4.47 Å². The van der Waals surface area contributed by atoms with E-state index in [2.05, 4.69) is 32.0 Å². The van der Waals surface area contributed by atoms with E-state index >= 15 is 0 Å². The van der Waals surface area contributed by atoms with E-state index in [1.54, 1.807) is 12.3 Å². The van der Waals surface area contributed by atoms with Crippen LogP contribution in [0.15, 0.2) is 27.8 Å². The predicted molar refractivity (Wildman–Crippen MR) is 57.6 cm³/mol. The number of benzene rings is 1. The molecule has 2 rings (SSSR count). The summed E-state index contributed by atoms with van der Waals surface area (Å²) in [5, 5.41) is 13.1. The van der Waals surface area contributed by atoms with E-state index in [1.807, 2.05) is 0 Å². The van der Waals surface area contributed by atoms with Crippen LogP contribution >= 0.6 is 15.9 Å². The van der Waals surface area contributed by atoms with Crippen molar-refractivity contribution in [3.05, 3.63) is 34.1 Å². The number of hydrazone groups is 1. The standard InChI is InChI=1S/C9H9BrFN3O/c10-8-3-6(11)1-2-7(8)9(5-15)4-12-14-13-9/h1-4,13-15H,5H2. The second kappa shape index (κ2) is 3.88. The van der Waals surface area contributed by atoms with Gasteiger partial charge in [-0.2, -0.15) is 5.10 Å². The molecule has 3 N–H and O–H groups in total. The fourth-order valence-corrected chi connectivity index (χ4v) is 2.17. The first-order valence-corrected chi connectivity index (χ1v) is 5.10. The predicted octanol–water partition coefficient (Wildman–Crippen LogP) is 0.869. The van der Waals surface area contributed by atoms with E-state index in [-0.39, 0.29) is 12.4 Å². The lowest BCUT2D eigenvalue weighted by Crippen LogP contribution is -2.47. The molecular formula is C9H9BrFN3O. The summed E-state index contributed by atoms with van der Waals surface area (Å²) in [7, 11) is 0. The minimum atomic E-state index is -0.799. The summed E-state index contributed by atoms with van der Waals surface area (Å²) in [6, 6.07) is 4.29. The van der Waals surface area contributed by atoms with Crippen molar-refractivity contribution in [3.8, 4) is 0 Å². The Hall–Kier alpha value is -0.980. The van der Waals surface area contributed by atoms with E-state index in [9.17, 15) is 9.50 Å². The number of nitrogens with zero attached hydrogens (tertiary/aromatic N) is 1. The fraction of sp³-hybridized carbons (Fsp3) is 0.222. The molecule has 0 aromatic heterocycles. The highest BCUT2D eigenvalue weighted by atomic mass is 79.9. The molecule has 0 spiro atoms. The molecular weight excluding hydrogens is 265 g/mol. The third-order valence-electron chi connectivity index (χ3n) is 2.29. The second-order valence-electron chi connectivity index (χ2n) is 3.25. The summed E-state index contributed by atoms with van der Waals surface area (Å²) in [6.07, 6.45) is 1.55. The third-order valence-corrected chi connectivity index (χ3v) is 2.95. The lowest BCUT2D eigenvalue weighted by atomic mass is 9.93. The molecule has 1 unspecified atom stereocenters. The number of hydrogen-bond acceptors (Lipinski definition) is 4. The van der Waals surface area contributed by atoms with Gasteiger partial charge in [-0.25, -0.2) is 15.4 Å². The molecule has 15 heavy (non-hydrogen) atoms. The molecule has 1 aromatic rings. The number of halogens is 2. The van der Waals surface area contributed by atoms with Crippen LogP contribution in [0.4, 0.5) is 4.39 Å². The van der Waals surface area contributed by atoms with Crippen LogP contribution in [0.2, 0.25) is 0 Å². The highest BCUT2D eigenvalue weighted by Crippen LogP contribution is 2.28. The maximum Gasteiger partial charge on any atom is 0.124 e. The molecule has 0 radical (unpaired) electrons. The quantitative estimate of drug-likeness (QED) is 0.750. The zero-order valence-corrected chi connectivity index (χ0v) is 9.25. The topological polar surface area (TPSA) is 56.7 Å². The SMILES string of the molecule is OCC1(c2ccc(F)cc2Br)C=NNN1. The van der Waals surface area contributed by atoms with Crippen molar-refractivity contribution in [3.63, 3.8) is 0 Å². The van der Waals surface area contributed by atoms with Crippen LogP contribution in [-0.4, -0.2) is 17.9 Å². The average molecular weight is 274 g/mol. The minimum Gasteiger partial charge on any atom is -0.394 e. The molecule has 80 valence electrons. The van der Waals surface area contributed by atoms with Gasteiger partial charge in [0.05, 0.1) is 12.8 Å².